The zero-order chi connectivity index (χ0) is 15.0. The third kappa shape index (κ3) is 3.05. The van der Waals surface area contributed by atoms with Crippen LogP contribution in [-0.4, -0.2) is 35.4 Å². The lowest BCUT2D eigenvalue weighted by Crippen LogP contribution is -2.36. The monoisotopic (exact) mass is 402 g/mol. The van der Waals surface area contributed by atoms with Crippen molar-refractivity contribution in [3.8, 4) is 0 Å². The van der Waals surface area contributed by atoms with Gasteiger partial charge in [-0.1, -0.05) is 35.5 Å². The largest absolute Gasteiger partial charge is 0.466 e. The minimum atomic E-state index is -0.327. The molecule has 1 atom stereocenters. The summed E-state index contributed by atoms with van der Waals surface area (Å²) in [7, 11) is 1.40. The van der Waals surface area contributed by atoms with Crippen LogP contribution in [-0.2, 0) is 9.53 Å². The fraction of sp³-hybridized carbons (Fsp3) is 0.333. The highest BCUT2D eigenvalue weighted by atomic mass is 79.9. The molecule has 2 aliphatic rings. The minimum absolute atomic E-state index is 0. The molecule has 0 amide bonds. The molecule has 0 aliphatic carbocycles. The summed E-state index contributed by atoms with van der Waals surface area (Å²) in [6.45, 7) is 2.73. The van der Waals surface area contributed by atoms with Crippen LogP contribution >= 0.6 is 40.3 Å². The van der Waals surface area contributed by atoms with Gasteiger partial charge in [-0.15, -0.1) is 17.0 Å². The number of nitrogens with zero attached hydrogens (tertiary/aromatic N) is 2. The number of carbonyl (C=O) groups excluding carboxylic acids is 1. The molecule has 22 heavy (non-hydrogen) atoms. The normalized spacial score (nSPS) is 20.2. The number of methoxy groups -OCH3 is 1. The topological polar surface area (TPSA) is 41.9 Å². The van der Waals surface area contributed by atoms with E-state index < -0.39 is 0 Å². The molecule has 4 nitrogen and oxygen atoms in total. The van der Waals surface area contributed by atoms with E-state index in [1.807, 2.05) is 31.2 Å². The Hall–Kier alpha value is -0.980. The maximum absolute atomic E-state index is 12.2. The number of rotatable bonds is 2. The summed E-state index contributed by atoms with van der Waals surface area (Å²) in [5, 5.41) is 1.65. The van der Waals surface area contributed by atoms with Gasteiger partial charge in [0.1, 0.15) is 0 Å². The number of aliphatic imine (C=N–C) groups is 1. The summed E-state index contributed by atoms with van der Waals surface area (Å²) in [6.07, 6.45) is 0. The second-order valence-corrected chi connectivity index (χ2v) is 6.38. The van der Waals surface area contributed by atoms with Crippen molar-refractivity contribution in [1.82, 2.24) is 4.90 Å². The fourth-order valence-electron chi connectivity index (χ4n) is 2.67. The van der Waals surface area contributed by atoms with Crippen molar-refractivity contribution in [2.75, 3.05) is 19.4 Å². The predicted molar refractivity (Wildman–Crippen MR) is 95.8 cm³/mol. The third-order valence-electron chi connectivity index (χ3n) is 3.64. The van der Waals surface area contributed by atoms with Gasteiger partial charge in [0.2, 0.25) is 0 Å². The van der Waals surface area contributed by atoms with Crippen molar-refractivity contribution >= 4 is 51.5 Å². The van der Waals surface area contributed by atoms with E-state index in [-0.39, 0.29) is 29.0 Å². The van der Waals surface area contributed by atoms with Gasteiger partial charge >= 0.3 is 5.97 Å². The smallest absolute Gasteiger partial charge is 0.338 e. The molecule has 1 unspecified atom stereocenters. The number of allylic oxidation sites excluding steroid dienone is 1. The number of thioether (sulfide) groups is 1. The first kappa shape index (κ1) is 17.4. The SMILES string of the molecule is Br.COC(=O)C1=C(C)N=C2SCCN2C1c1ccc(Cl)cc1. The number of hydrogen-bond acceptors (Lipinski definition) is 5. The molecule has 1 fully saturated rings. The number of esters is 1. The summed E-state index contributed by atoms with van der Waals surface area (Å²) in [5.74, 6) is 0.650. The molecular formula is C15H16BrClN2O2S. The molecule has 0 aromatic heterocycles. The van der Waals surface area contributed by atoms with Crippen molar-refractivity contribution in [3.05, 3.63) is 46.1 Å². The average Bonchev–Trinajstić information content (AvgIpc) is 2.94. The third-order valence-corrected chi connectivity index (χ3v) is 4.86. The van der Waals surface area contributed by atoms with Crippen LogP contribution in [0.25, 0.3) is 0 Å². The maximum atomic E-state index is 12.2. The van der Waals surface area contributed by atoms with Gasteiger partial charge in [-0.25, -0.2) is 9.79 Å². The van der Waals surface area contributed by atoms with Crippen molar-refractivity contribution in [2.45, 2.75) is 13.0 Å². The van der Waals surface area contributed by atoms with Crippen LogP contribution in [0, 0.1) is 0 Å². The Balaban J connectivity index is 0.00000176. The van der Waals surface area contributed by atoms with Crippen LogP contribution in [0.15, 0.2) is 40.5 Å². The van der Waals surface area contributed by atoms with E-state index in [0.717, 1.165) is 28.7 Å². The molecule has 1 aromatic rings. The molecule has 7 heteroatoms. The van der Waals surface area contributed by atoms with Gasteiger partial charge < -0.3 is 9.64 Å². The summed E-state index contributed by atoms with van der Waals surface area (Å²) >= 11 is 7.69. The van der Waals surface area contributed by atoms with Crippen LogP contribution in [0.1, 0.15) is 18.5 Å². The number of benzene rings is 1. The van der Waals surface area contributed by atoms with E-state index >= 15 is 0 Å². The lowest BCUT2D eigenvalue weighted by molar-refractivity contribution is -0.136. The van der Waals surface area contributed by atoms with Crippen LogP contribution in [0.4, 0.5) is 0 Å². The molecule has 0 bridgehead atoms. The highest BCUT2D eigenvalue weighted by molar-refractivity contribution is 8.93. The average molecular weight is 404 g/mol. The fourth-order valence-corrected chi connectivity index (χ4v) is 3.83. The van der Waals surface area contributed by atoms with Crippen molar-refractivity contribution in [3.63, 3.8) is 0 Å². The molecule has 0 saturated carbocycles. The highest BCUT2D eigenvalue weighted by Crippen LogP contribution is 2.40. The number of ether oxygens (including phenoxy) is 1. The van der Waals surface area contributed by atoms with Gasteiger partial charge in [-0.3, -0.25) is 0 Å². The second-order valence-electron chi connectivity index (χ2n) is 4.88. The Morgan fingerprint density at radius 1 is 1.41 bits per heavy atom. The first-order valence-corrected chi connectivity index (χ1v) is 8.01. The first-order valence-electron chi connectivity index (χ1n) is 6.64. The standard InChI is InChI=1S/C15H15ClN2O2S.BrH/c1-9-12(14(19)20-2)13(10-3-5-11(16)6-4-10)18-7-8-21-15(18)17-9;/h3-6,13H,7-8H2,1-2H3;1H. The molecule has 118 valence electrons. The lowest BCUT2D eigenvalue weighted by Gasteiger charge is -2.34. The summed E-state index contributed by atoms with van der Waals surface area (Å²) in [6, 6.07) is 7.44. The number of fused-ring (bicyclic) bond motifs is 1. The van der Waals surface area contributed by atoms with Gasteiger partial charge in [0.05, 0.1) is 24.4 Å². The zero-order valence-corrected chi connectivity index (χ0v) is 15.5. The molecule has 2 heterocycles. The van der Waals surface area contributed by atoms with Gasteiger partial charge in [0, 0.05) is 17.3 Å². The maximum Gasteiger partial charge on any atom is 0.338 e. The van der Waals surface area contributed by atoms with Gasteiger partial charge in [0.25, 0.3) is 0 Å². The van der Waals surface area contributed by atoms with Crippen LogP contribution in [0.2, 0.25) is 5.02 Å². The van der Waals surface area contributed by atoms with E-state index in [4.69, 9.17) is 16.3 Å². The Morgan fingerprint density at radius 3 is 2.73 bits per heavy atom. The predicted octanol–water partition coefficient (Wildman–Crippen LogP) is 3.82. The number of carbonyl (C=O) groups is 1. The second kappa shape index (κ2) is 7.06. The van der Waals surface area contributed by atoms with Crippen molar-refractivity contribution < 1.29 is 9.53 Å². The number of halogens is 2. The molecule has 0 N–H and O–H groups in total. The quantitative estimate of drug-likeness (QED) is 0.704. The van der Waals surface area contributed by atoms with Crippen LogP contribution in [0.5, 0.6) is 0 Å². The Kier molecular flexibility index (Phi) is 5.58. The molecule has 2 aliphatic heterocycles. The lowest BCUT2D eigenvalue weighted by atomic mass is 9.95. The molecule has 1 saturated heterocycles. The van der Waals surface area contributed by atoms with Gasteiger partial charge in [-0.05, 0) is 24.6 Å². The van der Waals surface area contributed by atoms with Crippen LogP contribution in [0.3, 0.4) is 0 Å². The van der Waals surface area contributed by atoms with E-state index in [1.165, 1.54) is 7.11 Å². The minimum Gasteiger partial charge on any atom is -0.466 e. The van der Waals surface area contributed by atoms with E-state index in [9.17, 15) is 4.79 Å². The van der Waals surface area contributed by atoms with Gasteiger partial charge in [-0.2, -0.15) is 0 Å². The Morgan fingerprint density at radius 2 is 2.09 bits per heavy atom. The molecular weight excluding hydrogens is 388 g/mol. The Labute approximate surface area is 149 Å². The van der Waals surface area contributed by atoms with E-state index in [1.54, 1.807) is 11.8 Å². The molecule has 1 aromatic carbocycles. The van der Waals surface area contributed by atoms with Gasteiger partial charge in [0.15, 0.2) is 5.17 Å². The highest BCUT2D eigenvalue weighted by Gasteiger charge is 2.38. The number of amidine groups is 1. The number of hydrogen-bond donors (Lipinski definition) is 0. The molecule has 0 spiro atoms. The molecule has 0 radical (unpaired) electrons. The zero-order valence-electron chi connectivity index (χ0n) is 12.2. The molecule has 3 rings (SSSR count). The Bertz CT molecular complexity index is 645. The van der Waals surface area contributed by atoms with Crippen molar-refractivity contribution in [1.29, 1.82) is 0 Å². The van der Waals surface area contributed by atoms with Crippen molar-refractivity contribution in [2.24, 2.45) is 4.99 Å². The van der Waals surface area contributed by atoms with Crippen LogP contribution < -0.4 is 0 Å². The van der Waals surface area contributed by atoms with E-state index in [2.05, 4.69) is 9.89 Å². The summed E-state index contributed by atoms with van der Waals surface area (Å²) < 4.78 is 4.96. The van der Waals surface area contributed by atoms with E-state index in [0.29, 0.717) is 10.6 Å². The first-order chi connectivity index (χ1) is 10.1. The summed E-state index contributed by atoms with van der Waals surface area (Å²) in [4.78, 5) is 18.9. The summed E-state index contributed by atoms with van der Waals surface area (Å²) in [5.41, 5.74) is 2.35.